The fraction of sp³-hybridized carbons (Fsp3) is 0.278. The number of piperazine rings is 1. The number of nitriles is 1. The highest BCUT2D eigenvalue weighted by Gasteiger charge is 2.30. The molecule has 0 aliphatic carbocycles. The third-order valence-corrected chi connectivity index (χ3v) is 6.50. The zero-order chi connectivity index (χ0) is 17.9. The summed E-state index contributed by atoms with van der Waals surface area (Å²) in [6.07, 6.45) is 0. The largest absolute Gasteiger partial charge is 0.329 e. The quantitative estimate of drug-likeness (QED) is 0.874. The molecule has 1 aliphatic rings. The van der Waals surface area contributed by atoms with Crippen molar-refractivity contribution in [2.45, 2.75) is 11.4 Å². The summed E-state index contributed by atoms with van der Waals surface area (Å²) in [6.45, 7) is 3.21. The van der Waals surface area contributed by atoms with E-state index in [0.717, 1.165) is 25.2 Å². The summed E-state index contributed by atoms with van der Waals surface area (Å²) in [5.41, 5.74) is 1.75. The first-order chi connectivity index (χ1) is 12.0. The number of sulfonamides is 1. The molecule has 2 aromatic carbocycles. The molecule has 1 fully saturated rings. The van der Waals surface area contributed by atoms with E-state index in [1.165, 1.54) is 15.3 Å². The van der Waals surface area contributed by atoms with Crippen LogP contribution in [0.3, 0.4) is 0 Å². The van der Waals surface area contributed by atoms with Crippen LogP contribution < -0.4 is 4.90 Å². The third kappa shape index (κ3) is 4.20. The van der Waals surface area contributed by atoms with Crippen molar-refractivity contribution in [2.24, 2.45) is 0 Å². The van der Waals surface area contributed by atoms with Crippen LogP contribution in [0.2, 0.25) is 5.02 Å². The Morgan fingerprint density at radius 3 is 2.52 bits per heavy atom. The monoisotopic (exact) mass is 376 g/mol. The van der Waals surface area contributed by atoms with Crippen molar-refractivity contribution in [3.05, 3.63) is 64.7 Å². The topological polar surface area (TPSA) is 65.6 Å². The predicted molar refractivity (Wildman–Crippen MR) is 95.8 cm³/mol. The molecule has 7 heteroatoms. The molecule has 0 atom stereocenters. The van der Waals surface area contributed by atoms with E-state index >= 15 is 0 Å². The van der Waals surface area contributed by atoms with E-state index in [2.05, 4.69) is 6.07 Å². The summed E-state index contributed by atoms with van der Waals surface area (Å²) in [7, 11) is -3.50. The molecule has 0 radical (unpaired) electrons. The Morgan fingerprint density at radius 1 is 1.12 bits per heavy atom. The van der Waals surface area contributed by atoms with Crippen molar-refractivity contribution in [2.75, 3.05) is 26.2 Å². The number of nitrogens with zero attached hydrogens (tertiary/aromatic N) is 2. The summed E-state index contributed by atoms with van der Waals surface area (Å²) >= 11 is 5.92. The fourth-order valence-electron chi connectivity index (χ4n) is 3.04. The van der Waals surface area contributed by atoms with Gasteiger partial charge < -0.3 is 4.90 Å². The molecule has 5 nitrogen and oxygen atoms in total. The van der Waals surface area contributed by atoms with Crippen LogP contribution in [0.5, 0.6) is 0 Å². The molecule has 3 rings (SSSR count). The maximum Gasteiger partial charge on any atom is 0.243 e. The van der Waals surface area contributed by atoms with Crippen LogP contribution in [-0.2, 0) is 16.6 Å². The highest BCUT2D eigenvalue weighted by Crippen LogP contribution is 2.19. The average Bonchev–Trinajstić information content (AvgIpc) is 2.62. The van der Waals surface area contributed by atoms with Gasteiger partial charge in [0, 0.05) is 10.6 Å². The number of quaternary nitrogens is 1. The van der Waals surface area contributed by atoms with Crippen molar-refractivity contribution in [3.8, 4) is 6.07 Å². The van der Waals surface area contributed by atoms with E-state index in [1.54, 1.807) is 24.3 Å². The van der Waals surface area contributed by atoms with Crippen molar-refractivity contribution in [1.82, 2.24) is 4.31 Å². The molecule has 0 spiro atoms. The molecule has 0 amide bonds. The van der Waals surface area contributed by atoms with E-state index in [-0.39, 0.29) is 4.90 Å². The molecule has 0 bridgehead atoms. The van der Waals surface area contributed by atoms with E-state index in [0.29, 0.717) is 23.7 Å². The van der Waals surface area contributed by atoms with Gasteiger partial charge in [-0.05, 0) is 30.3 Å². The molecule has 1 saturated heterocycles. The lowest BCUT2D eigenvalue weighted by Crippen LogP contribution is -3.13. The highest BCUT2D eigenvalue weighted by atomic mass is 35.5. The van der Waals surface area contributed by atoms with Gasteiger partial charge >= 0.3 is 0 Å². The van der Waals surface area contributed by atoms with Crippen LogP contribution in [-0.4, -0.2) is 38.9 Å². The van der Waals surface area contributed by atoms with Gasteiger partial charge in [-0.2, -0.15) is 9.57 Å². The molecule has 0 unspecified atom stereocenters. The van der Waals surface area contributed by atoms with Crippen LogP contribution in [0.1, 0.15) is 11.1 Å². The molecule has 1 aliphatic heterocycles. The zero-order valence-electron chi connectivity index (χ0n) is 13.7. The fourth-order valence-corrected chi connectivity index (χ4v) is 4.78. The lowest BCUT2D eigenvalue weighted by Gasteiger charge is -2.31. The van der Waals surface area contributed by atoms with Gasteiger partial charge in [-0.1, -0.05) is 29.8 Å². The number of halogens is 1. The second-order valence-electron chi connectivity index (χ2n) is 6.10. The Balaban J connectivity index is 1.64. The molecule has 130 valence electrons. The minimum Gasteiger partial charge on any atom is -0.329 e. The molecule has 25 heavy (non-hydrogen) atoms. The van der Waals surface area contributed by atoms with Gasteiger partial charge in [-0.25, -0.2) is 8.42 Å². The van der Waals surface area contributed by atoms with Gasteiger partial charge in [0.2, 0.25) is 10.0 Å². The van der Waals surface area contributed by atoms with Crippen molar-refractivity contribution < 1.29 is 13.3 Å². The SMILES string of the molecule is N#Cc1cccc(C[NH+]2CCN(S(=O)(=O)c3cccc(Cl)c3)CC2)c1. The number of nitrogens with one attached hydrogen (secondary N) is 1. The lowest BCUT2D eigenvalue weighted by atomic mass is 10.1. The van der Waals surface area contributed by atoms with Gasteiger partial charge in [0.25, 0.3) is 0 Å². The van der Waals surface area contributed by atoms with Crippen molar-refractivity contribution in [3.63, 3.8) is 0 Å². The van der Waals surface area contributed by atoms with Crippen LogP contribution in [0.25, 0.3) is 0 Å². The number of hydrogen-bond acceptors (Lipinski definition) is 3. The van der Waals surface area contributed by atoms with Crippen molar-refractivity contribution >= 4 is 21.6 Å². The van der Waals surface area contributed by atoms with Gasteiger partial charge in [0.1, 0.15) is 6.54 Å². The first-order valence-corrected chi connectivity index (χ1v) is 9.89. The maximum absolute atomic E-state index is 12.7. The van der Waals surface area contributed by atoms with Gasteiger partial charge in [-0.15, -0.1) is 0 Å². The highest BCUT2D eigenvalue weighted by molar-refractivity contribution is 7.89. The van der Waals surface area contributed by atoms with Crippen LogP contribution >= 0.6 is 11.6 Å². The zero-order valence-corrected chi connectivity index (χ0v) is 15.2. The molecule has 0 aromatic heterocycles. The summed E-state index contributed by atoms with van der Waals surface area (Å²) in [6, 6.07) is 16.1. The van der Waals surface area contributed by atoms with E-state index in [4.69, 9.17) is 16.9 Å². The average molecular weight is 377 g/mol. The minimum atomic E-state index is -3.50. The number of rotatable bonds is 4. The number of hydrogen-bond donors (Lipinski definition) is 1. The van der Waals surface area contributed by atoms with Gasteiger partial charge in [-0.3, -0.25) is 0 Å². The Kier molecular flexibility index (Phi) is 5.40. The van der Waals surface area contributed by atoms with Gasteiger partial charge in [0.15, 0.2) is 0 Å². The summed E-state index contributed by atoms with van der Waals surface area (Å²) in [4.78, 5) is 1.55. The molecule has 2 aromatic rings. The summed E-state index contributed by atoms with van der Waals surface area (Å²) in [5.74, 6) is 0. The molecular weight excluding hydrogens is 358 g/mol. The van der Waals surface area contributed by atoms with E-state index in [1.807, 2.05) is 18.2 Å². The lowest BCUT2D eigenvalue weighted by molar-refractivity contribution is -0.917. The summed E-state index contributed by atoms with van der Waals surface area (Å²) < 4.78 is 26.9. The van der Waals surface area contributed by atoms with Crippen LogP contribution in [0.15, 0.2) is 53.4 Å². The Labute approximate surface area is 153 Å². The third-order valence-electron chi connectivity index (χ3n) is 4.37. The second kappa shape index (κ2) is 7.54. The van der Waals surface area contributed by atoms with Crippen LogP contribution in [0.4, 0.5) is 0 Å². The number of benzene rings is 2. The normalized spacial score (nSPS) is 16.5. The second-order valence-corrected chi connectivity index (χ2v) is 8.47. The summed E-state index contributed by atoms with van der Waals surface area (Å²) in [5, 5.41) is 9.40. The Bertz CT molecular complexity index is 901. The van der Waals surface area contributed by atoms with Crippen LogP contribution in [0, 0.1) is 11.3 Å². The first-order valence-electron chi connectivity index (χ1n) is 8.07. The first kappa shape index (κ1) is 17.9. The molecular formula is C18H19ClN3O2S+. The molecule has 1 N–H and O–H groups in total. The standard InChI is InChI=1S/C18H18ClN3O2S/c19-17-5-2-6-18(12-17)25(23,24)22-9-7-21(8-10-22)14-16-4-1-3-15(11-16)13-20/h1-6,11-12H,7-10,14H2/p+1. The van der Waals surface area contributed by atoms with E-state index in [9.17, 15) is 8.42 Å². The van der Waals surface area contributed by atoms with Gasteiger partial charge in [0.05, 0.1) is 42.7 Å². The molecule has 1 heterocycles. The Hall–Kier alpha value is -1.91. The smallest absolute Gasteiger partial charge is 0.243 e. The predicted octanol–water partition coefficient (Wildman–Crippen LogP) is 1.30. The van der Waals surface area contributed by atoms with E-state index < -0.39 is 10.0 Å². The maximum atomic E-state index is 12.7. The molecule has 0 saturated carbocycles. The Morgan fingerprint density at radius 2 is 1.84 bits per heavy atom. The van der Waals surface area contributed by atoms with Crippen molar-refractivity contribution in [1.29, 1.82) is 5.26 Å². The minimum absolute atomic E-state index is 0.241.